The molecule has 0 unspecified atom stereocenters. The van der Waals surface area contributed by atoms with Crippen molar-refractivity contribution < 1.29 is 9.59 Å². The molecule has 0 radical (unpaired) electrons. The van der Waals surface area contributed by atoms with Gasteiger partial charge in [0.1, 0.15) is 5.78 Å². The van der Waals surface area contributed by atoms with Crippen molar-refractivity contribution in [3.63, 3.8) is 0 Å². The van der Waals surface area contributed by atoms with E-state index in [2.05, 4.69) is 4.90 Å². The van der Waals surface area contributed by atoms with Crippen molar-refractivity contribution in [2.24, 2.45) is 0 Å². The van der Waals surface area contributed by atoms with Gasteiger partial charge in [-0.25, -0.2) is 0 Å². The molecule has 0 spiro atoms. The molecule has 3 nitrogen and oxygen atoms in total. The zero-order valence-corrected chi connectivity index (χ0v) is 12.6. The summed E-state index contributed by atoms with van der Waals surface area (Å²) in [7, 11) is 0. The number of para-hydroxylation sites is 1. The van der Waals surface area contributed by atoms with Gasteiger partial charge in [0.15, 0.2) is 5.78 Å². The predicted molar refractivity (Wildman–Crippen MR) is 85.3 cm³/mol. The van der Waals surface area contributed by atoms with Crippen LogP contribution in [-0.2, 0) is 9.59 Å². The van der Waals surface area contributed by atoms with Crippen LogP contribution in [0.25, 0.3) is 0 Å². The first kappa shape index (κ1) is 13.5. The number of hydrogen-bond acceptors (Lipinski definition) is 3. The van der Waals surface area contributed by atoms with Gasteiger partial charge in [0, 0.05) is 30.6 Å². The first-order valence-corrected chi connectivity index (χ1v) is 8.07. The van der Waals surface area contributed by atoms with Crippen LogP contribution in [0.2, 0.25) is 0 Å². The van der Waals surface area contributed by atoms with E-state index in [4.69, 9.17) is 0 Å². The molecule has 0 aromatic heterocycles. The Kier molecular flexibility index (Phi) is 3.21. The summed E-state index contributed by atoms with van der Waals surface area (Å²) >= 11 is 0. The molecule has 3 heteroatoms. The highest BCUT2D eigenvalue weighted by Crippen LogP contribution is 2.43. The second kappa shape index (κ2) is 5.24. The summed E-state index contributed by atoms with van der Waals surface area (Å²) in [6.07, 6.45) is 5.46. The summed E-state index contributed by atoms with van der Waals surface area (Å²) in [6.45, 7) is 0. The van der Waals surface area contributed by atoms with Crippen LogP contribution in [-0.4, -0.2) is 11.6 Å². The van der Waals surface area contributed by atoms with Gasteiger partial charge < -0.3 is 4.90 Å². The highest BCUT2D eigenvalue weighted by Gasteiger charge is 2.36. The number of carbonyl (C=O) groups is 2. The lowest BCUT2D eigenvalue weighted by molar-refractivity contribution is -0.119. The molecule has 0 saturated heterocycles. The van der Waals surface area contributed by atoms with E-state index in [9.17, 15) is 9.59 Å². The Balaban J connectivity index is 1.87. The Labute approximate surface area is 130 Å². The summed E-state index contributed by atoms with van der Waals surface area (Å²) in [6, 6.07) is 10.0. The van der Waals surface area contributed by atoms with Gasteiger partial charge in [0.25, 0.3) is 0 Å². The first-order valence-electron chi connectivity index (χ1n) is 8.07. The number of anilines is 1. The third-order valence-corrected chi connectivity index (χ3v) is 4.89. The van der Waals surface area contributed by atoms with Crippen LogP contribution in [0.1, 0.15) is 44.9 Å². The van der Waals surface area contributed by atoms with Crippen molar-refractivity contribution in [2.45, 2.75) is 44.9 Å². The second-order valence-corrected chi connectivity index (χ2v) is 6.34. The van der Waals surface area contributed by atoms with Gasteiger partial charge in [-0.2, -0.15) is 0 Å². The number of benzene rings is 1. The van der Waals surface area contributed by atoms with Gasteiger partial charge in [-0.05, 0) is 49.0 Å². The smallest absolute Gasteiger partial charge is 0.179 e. The Hall–Kier alpha value is -2.16. The molecular weight excluding hydrogens is 274 g/mol. The number of Topliss-reactive ketones (excluding diaryl/α,β-unsaturated/α-hetero) is 2. The molecule has 1 heterocycles. The SMILES string of the molecule is O=C1CCC2=C(C1)N(c1ccccc1)C1=C(CCCC1=O)C2. The van der Waals surface area contributed by atoms with Gasteiger partial charge in [0.05, 0.1) is 5.70 Å². The number of nitrogens with zero attached hydrogens (tertiary/aromatic N) is 1. The van der Waals surface area contributed by atoms with E-state index in [-0.39, 0.29) is 11.6 Å². The first-order chi connectivity index (χ1) is 10.7. The van der Waals surface area contributed by atoms with Crippen molar-refractivity contribution in [3.05, 3.63) is 52.9 Å². The van der Waals surface area contributed by atoms with E-state index in [1.807, 2.05) is 30.3 Å². The Morgan fingerprint density at radius 3 is 2.45 bits per heavy atom. The molecule has 0 bridgehead atoms. The zero-order chi connectivity index (χ0) is 15.1. The predicted octanol–water partition coefficient (Wildman–Crippen LogP) is 3.91. The lowest BCUT2D eigenvalue weighted by atomic mass is 9.81. The van der Waals surface area contributed by atoms with Gasteiger partial charge in [0.2, 0.25) is 0 Å². The Bertz CT molecular complexity index is 712. The maximum atomic E-state index is 12.6. The average Bonchev–Trinajstić information content (AvgIpc) is 2.54. The van der Waals surface area contributed by atoms with Gasteiger partial charge in [-0.15, -0.1) is 0 Å². The van der Waals surface area contributed by atoms with Crippen LogP contribution in [0.3, 0.4) is 0 Å². The van der Waals surface area contributed by atoms with Crippen LogP contribution >= 0.6 is 0 Å². The molecule has 0 atom stereocenters. The molecule has 22 heavy (non-hydrogen) atoms. The summed E-state index contributed by atoms with van der Waals surface area (Å²) in [5.41, 5.74) is 5.56. The lowest BCUT2D eigenvalue weighted by Crippen LogP contribution is -2.36. The summed E-state index contributed by atoms with van der Waals surface area (Å²) in [5, 5.41) is 0. The fourth-order valence-corrected chi connectivity index (χ4v) is 3.87. The minimum absolute atomic E-state index is 0.231. The van der Waals surface area contributed by atoms with Gasteiger partial charge in [-0.3, -0.25) is 9.59 Å². The molecule has 1 aromatic carbocycles. The second-order valence-electron chi connectivity index (χ2n) is 6.34. The molecule has 0 saturated carbocycles. The van der Waals surface area contributed by atoms with Crippen LogP contribution in [0.4, 0.5) is 5.69 Å². The number of carbonyl (C=O) groups excluding carboxylic acids is 2. The van der Waals surface area contributed by atoms with Crippen molar-refractivity contribution in [3.8, 4) is 0 Å². The fraction of sp³-hybridized carbons (Fsp3) is 0.368. The zero-order valence-electron chi connectivity index (χ0n) is 12.6. The molecule has 4 rings (SSSR count). The van der Waals surface area contributed by atoms with E-state index in [1.54, 1.807) is 0 Å². The molecule has 0 N–H and O–H groups in total. The minimum atomic E-state index is 0.231. The third-order valence-electron chi connectivity index (χ3n) is 4.89. The summed E-state index contributed by atoms with van der Waals surface area (Å²) in [4.78, 5) is 26.6. The van der Waals surface area contributed by atoms with Crippen molar-refractivity contribution in [1.82, 2.24) is 0 Å². The summed E-state index contributed by atoms with van der Waals surface area (Å²) < 4.78 is 0. The Morgan fingerprint density at radius 1 is 0.818 bits per heavy atom. The molecule has 1 aliphatic heterocycles. The highest BCUT2D eigenvalue weighted by atomic mass is 16.1. The normalized spacial score (nSPS) is 21.9. The molecule has 0 amide bonds. The molecule has 112 valence electrons. The standard InChI is InChI=1S/C19H19NO2/c21-16-10-9-13-11-14-5-4-8-18(22)19(14)20(17(13)12-16)15-6-2-1-3-7-15/h1-3,6-7H,4-5,8-12H2. The van der Waals surface area contributed by atoms with Crippen LogP contribution in [0.15, 0.2) is 52.9 Å². The van der Waals surface area contributed by atoms with E-state index >= 15 is 0 Å². The highest BCUT2D eigenvalue weighted by molar-refractivity contribution is 6.02. The van der Waals surface area contributed by atoms with Crippen LogP contribution in [0.5, 0.6) is 0 Å². The van der Waals surface area contributed by atoms with Gasteiger partial charge >= 0.3 is 0 Å². The van der Waals surface area contributed by atoms with Crippen LogP contribution in [0, 0.1) is 0 Å². The maximum Gasteiger partial charge on any atom is 0.179 e. The van der Waals surface area contributed by atoms with E-state index in [1.165, 1.54) is 11.1 Å². The minimum Gasteiger partial charge on any atom is -0.311 e. The van der Waals surface area contributed by atoms with Crippen molar-refractivity contribution >= 4 is 17.3 Å². The summed E-state index contributed by atoms with van der Waals surface area (Å²) in [5.74, 6) is 0.515. The topological polar surface area (TPSA) is 37.4 Å². The Morgan fingerprint density at radius 2 is 1.64 bits per heavy atom. The maximum absolute atomic E-state index is 12.6. The number of allylic oxidation sites excluding steroid dienone is 4. The molecule has 3 aliphatic rings. The largest absolute Gasteiger partial charge is 0.311 e. The van der Waals surface area contributed by atoms with E-state index in [0.29, 0.717) is 19.3 Å². The fourth-order valence-electron chi connectivity index (χ4n) is 3.87. The van der Waals surface area contributed by atoms with Gasteiger partial charge in [-0.1, -0.05) is 18.2 Å². The number of rotatable bonds is 1. The third kappa shape index (κ3) is 2.12. The molecule has 1 aromatic rings. The average molecular weight is 293 g/mol. The van der Waals surface area contributed by atoms with Crippen molar-refractivity contribution in [2.75, 3.05) is 4.90 Å². The molecule has 0 fully saturated rings. The van der Waals surface area contributed by atoms with E-state index < -0.39 is 0 Å². The lowest BCUT2D eigenvalue weighted by Gasteiger charge is -2.40. The number of hydrogen-bond donors (Lipinski definition) is 0. The monoisotopic (exact) mass is 293 g/mol. The quantitative estimate of drug-likeness (QED) is 0.787. The van der Waals surface area contributed by atoms with Crippen molar-refractivity contribution in [1.29, 1.82) is 0 Å². The van der Waals surface area contributed by atoms with E-state index in [0.717, 1.165) is 42.8 Å². The molecule has 2 aliphatic carbocycles. The number of ketones is 2. The van der Waals surface area contributed by atoms with Crippen LogP contribution < -0.4 is 4.90 Å². The molecular formula is C19H19NO2.